The van der Waals surface area contributed by atoms with Crippen LogP contribution in [0.4, 0.5) is 0 Å². The van der Waals surface area contributed by atoms with E-state index in [9.17, 15) is 5.11 Å². The summed E-state index contributed by atoms with van der Waals surface area (Å²) < 4.78 is 38.7. The molecule has 7 aliphatic rings. The van der Waals surface area contributed by atoms with Crippen LogP contribution in [0, 0.1) is 34.5 Å². The highest BCUT2D eigenvalue weighted by Gasteiger charge is 2.93. The second-order valence-corrected chi connectivity index (χ2v) is 12.2. The highest BCUT2D eigenvalue weighted by Crippen LogP contribution is 2.82. The van der Waals surface area contributed by atoms with Crippen LogP contribution in [0.5, 0.6) is 0 Å². The Bertz CT molecular complexity index is 859. The van der Waals surface area contributed by atoms with E-state index in [1.165, 1.54) is 0 Å². The minimum absolute atomic E-state index is 0.00176. The fourth-order valence-electron chi connectivity index (χ4n) is 11.7. The zero-order chi connectivity index (χ0) is 23.7. The summed E-state index contributed by atoms with van der Waals surface area (Å²) >= 11 is 0. The lowest BCUT2D eigenvalue weighted by molar-refractivity contribution is -0.285. The third kappa shape index (κ3) is 2.05. The summed E-state index contributed by atoms with van der Waals surface area (Å²) in [5.41, 5.74) is -1.54. The van der Waals surface area contributed by atoms with Crippen molar-refractivity contribution in [3.8, 4) is 0 Å². The van der Waals surface area contributed by atoms with Crippen LogP contribution in [0.2, 0.25) is 0 Å². The number of hydrogen-bond donors (Lipinski definition) is 1. The van der Waals surface area contributed by atoms with Gasteiger partial charge >= 0.3 is 0 Å². The molecule has 0 aromatic carbocycles. The molecule has 5 unspecified atom stereocenters. The number of rotatable bonds is 6. The monoisotopic (exact) mass is 479 g/mol. The Hall–Kier alpha value is -0.320. The van der Waals surface area contributed by atoms with Crippen LogP contribution in [-0.2, 0) is 28.4 Å². The van der Waals surface area contributed by atoms with Crippen LogP contribution in [0.15, 0.2) is 0 Å². The highest BCUT2D eigenvalue weighted by molar-refractivity contribution is 5.43. The van der Waals surface area contributed by atoms with E-state index >= 15 is 0 Å². The molecule has 0 aromatic rings. The maximum Gasteiger partial charge on any atom is 0.148 e. The normalized spacial score (nSPS) is 61.1. The van der Waals surface area contributed by atoms with Gasteiger partial charge in [0.25, 0.3) is 0 Å². The standard InChI is InChI=1S/C26H41NO7/c1-6-27-11-23(12-29-2)8-7-17(31-4)25-15-9-14-16(30-3)10-24(18(15)19(14)28)26(22(25)27,34-13-33-24)21(32-5)20(23)25/h14-22,28H,6-13H2,1-5H3/t14?,15-,16+,17?,18-,19?,20-,21+,22?,23+,24-,25?,26+/m1/s1. The first-order valence-corrected chi connectivity index (χ1v) is 13.2. The van der Waals surface area contributed by atoms with Crippen molar-refractivity contribution in [3.63, 3.8) is 0 Å². The predicted octanol–water partition coefficient (Wildman–Crippen LogP) is 1.29. The van der Waals surface area contributed by atoms with Gasteiger partial charge in [-0.1, -0.05) is 6.92 Å². The van der Waals surface area contributed by atoms with Crippen LogP contribution in [0.3, 0.4) is 0 Å². The first kappa shape index (κ1) is 22.8. The maximum absolute atomic E-state index is 11.8. The average molecular weight is 480 g/mol. The largest absolute Gasteiger partial charge is 0.392 e. The van der Waals surface area contributed by atoms with Gasteiger partial charge in [-0.05, 0) is 31.7 Å². The summed E-state index contributed by atoms with van der Waals surface area (Å²) in [4.78, 5) is 2.66. The van der Waals surface area contributed by atoms with E-state index in [1.54, 1.807) is 7.11 Å². The van der Waals surface area contributed by atoms with Crippen molar-refractivity contribution in [2.24, 2.45) is 34.5 Å². The lowest BCUT2D eigenvalue weighted by atomic mass is 9.42. The lowest BCUT2D eigenvalue weighted by Crippen LogP contribution is -2.81. The molecule has 7 rings (SSSR count). The van der Waals surface area contributed by atoms with Crippen LogP contribution in [0.1, 0.15) is 32.6 Å². The van der Waals surface area contributed by atoms with Crippen molar-refractivity contribution in [2.75, 3.05) is 54.9 Å². The maximum atomic E-state index is 11.8. The summed E-state index contributed by atoms with van der Waals surface area (Å²) in [5, 5.41) is 11.8. The molecular formula is C26H41NO7. The molecule has 0 amide bonds. The molecule has 5 saturated carbocycles. The molecule has 7 fully saturated rings. The van der Waals surface area contributed by atoms with Crippen molar-refractivity contribution < 1.29 is 33.5 Å². The van der Waals surface area contributed by atoms with Gasteiger partial charge < -0.3 is 33.5 Å². The van der Waals surface area contributed by atoms with Crippen LogP contribution >= 0.6 is 0 Å². The van der Waals surface area contributed by atoms with E-state index in [2.05, 4.69) is 11.8 Å². The zero-order valence-corrected chi connectivity index (χ0v) is 21.2. The average Bonchev–Trinajstić information content (AvgIpc) is 3.38. The molecule has 0 radical (unpaired) electrons. The summed E-state index contributed by atoms with van der Waals surface area (Å²) in [6.07, 6.45) is 3.14. The van der Waals surface area contributed by atoms with Crippen molar-refractivity contribution in [3.05, 3.63) is 0 Å². The van der Waals surface area contributed by atoms with Gasteiger partial charge in [-0.25, -0.2) is 0 Å². The summed E-state index contributed by atoms with van der Waals surface area (Å²) in [6.45, 7) is 5.11. The smallest absolute Gasteiger partial charge is 0.148 e. The molecule has 13 atom stereocenters. The third-order valence-electron chi connectivity index (χ3n) is 12.0. The second kappa shape index (κ2) is 7.16. The molecule has 8 nitrogen and oxygen atoms in total. The second-order valence-electron chi connectivity index (χ2n) is 12.2. The number of aliphatic hydroxyl groups excluding tert-OH is 1. The van der Waals surface area contributed by atoms with Gasteiger partial charge in [-0.3, -0.25) is 4.90 Å². The van der Waals surface area contributed by atoms with E-state index in [0.29, 0.717) is 6.61 Å². The Kier molecular flexibility index (Phi) is 4.81. The number of aliphatic hydroxyl groups is 1. The van der Waals surface area contributed by atoms with E-state index in [-0.39, 0.29) is 65.6 Å². The minimum Gasteiger partial charge on any atom is -0.392 e. The van der Waals surface area contributed by atoms with Crippen LogP contribution in [-0.4, -0.2) is 107 Å². The molecular weight excluding hydrogens is 438 g/mol. The molecule has 192 valence electrons. The number of methoxy groups -OCH3 is 4. The zero-order valence-electron chi connectivity index (χ0n) is 21.2. The quantitative estimate of drug-likeness (QED) is 0.611. The topological polar surface area (TPSA) is 78.9 Å². The molecule has 2 heterocycles. The van der Waals surface area contributed by atoms with E-state index in [0.717, 1.165) is 38.8 Å². The predicted molar refractivity (Wildman–Crippen MR) is 121 cm³/mol. The van der Waals surface area contributed by atoms with Gasteiger partial charge in [-0.15, -0.1) is 0 Å². The summed E-state index contributed by atoms with van der Waals surface area (Å²) in [7, 11) is 7.34. The number of likely N-dealkylation sites (tertiary alicyclic amines) is 1. The summed E-state index contributed by atoms with van der Waals surface area (Å²) in [6, 6.07) is 0.112. The Morgan fingerprint density at radius 3 is 2.59 bits per heavy atom. The van der Waals surface area contributed by atoms with Gasteiger partial charge in [0.15, 0.2) is 0 Å². The SMILES string of the molecule is CCN1C[C@]2(COC)CCC(OC)C34C1[C@@]1(OCO[C@@]15C[C@H](OC)C1C[C@@H]3[C@@H]5C1O)[C@@H](OC)[C@@H]42. The molecule has 0 aromatic heterocycles. The Balaban J connectivity index is 1.56. The van der Waals surface area contributed by atoms with Gasteiger partial charge in [0.2, 0.25) is 0 Å². The van der Waals surface area contributed by atoms with Crippen molar-refractivity contribution in [1.82, 2.24) is 4.90 Å². The van der Waals surface area contributed by atoms with E-state index in [1.807, 2.05) is 21.3 Å². The van der Waals surface area contributed by atoms with E-state index < -0.39 is 17.3 Å². The third-order valence-corrected chi connectivity index (χ3v) is 12.0. The van der Waals surface area contributed by atoms with Gasteiger partial charge in [-0.2, -0.15) is 0 Å². The number of piperidine rings is 1. The highest BCUT2D eigenvalue weighted by atomic mass is 16.7. The number of ether oxygens (including phenoxy) is 6. The van der Waals surface area contributed by atoms with Crippen molar-refractivity contribution in [1.29, 1.82) is 0 Å². The summed E-state index contributed by atoms with van der Waals surface area (Å²) in [5.74, 6) is 0.595. The number of nitrogens with zero attached hydrogens (tertiary/aromatic N) is 1. The first-order valence-electron chi connectivity index (χ1n) is 13.2. The Morgan fingerprint density at radius 1 is 1.09 bits per heavy atom. The number of fused-ring (bicyclic) bond motifs is 1. The first-order chi connectivity index (χ1) is 16.5. The van der Waals surface area contributed by atoms with Gasteiger partial charge in [0, 0.05) is 70.0 Å². The lowest BCUT2D eigenvalue weighted by Gasteiger charge is -2.70. The Labute approximate surface area is 202 Å². The molecule has 2 saturated heterocycles. The molecule has 7 bridgehead atoms. The fraction of sp³-hybridized carbons (Fsp3) is 1.00. The van der Waals surface area contributed by atoms with Gasteiger partial charge in [0.1, 0.15) is 18.0 Å². The molecule has 34 heavy (non-hydrogen) atoms. The Morgan fingerprint density at radius 2 is 1.91 bits per heavy atom. The van der Waals surface area contributed by atoms with Crippen molar-refractivity contribution in [2.45, 2.75) is 74.3 Å². The molecule has 1 N–H and O–H groups in total. The molecule has 5 aliphatic carbocycles. The fourth-order valence-corrected chi connectivity index (χ4v) is 11.7. The van der Waals surface area contributed by atoms with Crippen LogP contribution < -0.4 is 0 Å². The minimum atomic E-state index is -0.673. The van der Waals surface area contributed by atoms with Crippen LogP contribution in [0.25, 0.3) is 0 Å². The molecule has 2 aliphatic heterocycles. The number of likely N-dealkylation sites (N-methyl/N-ethyl adjacent to an activating group) is 1. The van der Waals surface area contributed by atoms with E-state index in [4.69, 9.17) is 28.4 Å². The molecule has 3 spiro atoms. The number of hydrogen-bond acceptors (Lipinski definition) is 8. The molecule has 8 heteroatoms. The van der Waals surface area contributed by atoms with Crippen molar-refractivity contribution >= 4 is 0 Å². The van der Waals surface area contributed by atoms with Gasteiger partial charge in [0.05, 0.1) is 37.1 Å².